The van der Waals surface area contributed by atoms with Crippen LogP contribution in [0.5, 0.6) is 0 Å². The lowest BCUT2D eigenvalue weighted by atomic mass is 9.46. The maximum Gasteiger partial charge on any atom is 0.195 e. The first-order valence-electron chi connectivity index (χ1n) is 11.3. The van der Waals surface area contributed by atoms with Crippen LogP contribution in [0.3, 0.4) is 0 Å². The maximum absolute atomic E-state index is 12.0. The zero-order valence-corrected chi connectivity index (χ0v) is 18.0. The first-order chi connectivity index (χ1) is 13.1. The highest BCUT2D eigenvalue weighted by Gasteiger charge is 2.70. The van der Waals surface area contributed by atoms with Crippen LogP contribution in [0, 0.1) is 28.6 Å². The van der Waals surface area contributed by atoms with Crippen molar-refractivity contribution in [3.8, 4) is 0 Å². The number of fused-ring (bicyclic) bond motifs is 5. The molecule has 6 atom stereocenters. The normalized spacial score (nSPS) is 50.0. The van der Waals surface area contributed by atoms with Crippen LogP contribution in [0.15, 0.2) is 22.9 Å². The van der Waals surface area contributed by atoms with Gasteiger partial charge in [-0.3, -0.25) is 0 Å². The van der Waals surface area contributed by atoms with Gasteiger partial charge in [-0.05, 0) is 93.6 Å². The van der Waals surface area contributed by atoms with E-state index >= 15 is 0 Å². The second-order valence-electron chi connectivity index (χ2n) is 10.9. The van der Waals surface area contributed by atoms with Crippen molar-refractivity contribution in [2.75, 3.05) is 13.2 Å². The minimum atomic E-state index is -0.901. The maximum atomic E-state index is 12.0. The number of nitrogens with two attached hydrogens (primary N) is 1. The lowest BCUT2D eigenvalue weighted by molar-refractivity contribution is -0.299. The summed E-state index contributed by atoms with van der Waals surface area (Å²) in [4.78, 5) is 0. The van der Waals surface area contributed by atoms with Crippen LogP contribution < -0.4 is 5.73 Å². The van der Waals surface area contributed by atoms with Gasteiger partial charge in [0, 0.05) is 11.1 Å². The topological polar surface area (TPSA) is 64.7 Å². The van der Waals surface area contributed by atoms with Crippen molar-refractivity contribution in [2.24, 2.45) is 34.3 Å². The van der Waals surface area contributed by atoms with Crippen molar-refractivity contribution in [3.63, 3.8) is 0 Å². The number of hydrogen-bond acceptors (Lipinski definition) is 4. The molecule has 0 unspecified atom stereocenters. The van der Waals surface area contributed by atoms with E-state index in [-0.39, 0.29) is 10.8 Å². The molecule has 0 aromatic rings. The van der Waals surface area contributed by atoms with E-state index < -0.39 is 11.4 Å². The molecule has 0 aromatic heterocycles. The van der Waals surface area contributed by atoms with Gasteiger partial charge in [0.2, 0.25) is 0 Å². The molecule has 28 heavy (non-hydrogen) atoms. The molecule has 5 rings (SSSR count). The van der Waals surface area contributed by atoms with E-state index in [9.17, 15) is 5.11 Å². The summed E-state index contributed by atoms with van der Waals surface area (Å²) in [6.45, 7) is 10.3. The third-order valence-electron chi connectivity index (χ3n) is 9.88. The quantitative estimate of drug-likeness (QED) is 0.705. The fourth-order valence-electron chi connectivity index (χ4n) is 8.30. The monoisotopic (exact) mass is 387 g/mol. The van der Waals surface area contributed by atoms with Gasteiger partial charge in [0.1, 0.15) is 5.60 Å². The summed E-state index contributed by atoms with van der Waals surface area (Å²) in [6.07, 6.45) is 9.71. The number of aliphatic hydroxyl groups is 1. The molecule has 0 bridgehead atoms. The van der Waals surface area contributed by atoms with Crippen LogP contribution in [-0.4, -0.2) is 29.7 Å². The van der Waals surface area contributed by atoms with Gasteiger partial charge in [-0.25, -0.2) is 0 Å². The molecule has 0 spiro atoms. The Morgan fingerprint density at radius 1 is 1.04 bits per heavy atom. The molecule has 0 radical (unpaired) electrons. The Labute approximate surface area is 169 Å². The lowest BCUT2D eigenvalue weighted by Gasteiger charge is -2.60. The molecule has 0 amide bonds. The summed E-state index contributed by atoms with van der Waals surface area (Å²) in [6, 6.07) is 0. The Bertz CT molecular complexity index is 751. The second-order valence-corrected chi connectivity index (χ2v) is 10.9. The summed E-state index contributed by atoms with van der Waals surface area (Å²) in [7, 11) is 0. The Morgan fingerprint density at radius 2 is 1.71 bits per heavy atom. The SMILES string of the molecule is CC1=C2C=C(N)CC[C@]2(C)[C@H]2CC[C@@]3(C)[C@@H](CC[C@]3(O)C3(C)OCCO3)[C@@H]2C1. The minimum Gasteiger partial charge on any atom is -0.402 e. The van der Waals surface area contributed by atoms with Gasteiger partial charge < -0.3 is 20.3 Å². The molecule has 3 N–H and O–H groups in total. The molecule has 4 aliphatic carbocycles. The average Bonchev–Trinajstić information content (AvgIpc) is 3.21. The zero-order valence-electron chi connectivity index (χ0n) is 18.0. The summed E-state index contributed by atoms with van der Waals surface area (Å²) in [5.41, 5.74) is 9.50. The van der Waals surface area contributed by atoms with E-state index in [1.54, 1.807) is 0 Å². The standard InChI is InChI=1S/C24H37NO3/c1-15-13-17-18(21(2)8-5-16(25)14-20(15)21)6-9-22(3)19(17)7-10-24(22,26)23(4)27-11-12-28-23/h14,17-19,26H,5-13,25H2,1-4H3/t17-,18+,19+,21-,22+,24-/m1/s1. The van der Waals surface area contributed by atoms with Gasteiger partial charge in [0.15, 0.2) is 5.79 Å². The molecule has 4 nitrogen and oxygen atoms in total. The van der Waals surface area contributed by atoms with Crippen molar-refractivity contribution in [3.05, 3.63) is 22.9 Å². The number of rotatable bonds is 1. The van der Waals surface area contributed by atoms with Crippen molar-refractivity contribution in [1.29, 1.82) is 0 Å². The Balaban J connectivity index is 1.54. The van der Waals surface area contributed by atoms with Gasteiger partial charge in [0.05, 0.1) is 13.2 Å². The van der Waals surface area contributed by atoms with Crippen LogP contribution in [0.2, 0.25) is 0 Å². The van der Waals surface area contributed by atoms with Gasteiger partial charge in [0.25, 0.3) is 0 Å². The Kier molecular flexibility index (Phi) is 4.01. The molecule has 0 aromatic carbocycles. The third-order valence-corrected chi connectivity index (χ3v) is 9.88. The van der Waals surface area contributed by atoms with Gasteiger partial charge in [-0.2, -0.15) is 0 Å². The van der Waals surface area contributed by atoms with E-state index in [4.69, 9.17) is 15.2 Å². The van der Waals surface area contributed by atoms with E-state index in [1.807, 2.05) is 6.92 Å². The van der Waals surface area contributed by atoms with Crippen molar-refractivity contribution in [1.82, 2.24) is 0 Å². The van der Waals surface area contributed by atoms with E-state index in [0.717, 1.165) is 37.8 Å². The second kappa shape index (κ2) is 5.86. The lowest BCUT2D eigenvalue weighted by Crippen LogP contribution is -2.63. The molecular weight excluding hydrogens is 350 g/mol. The van der Waals surface area contributed by atoms with Crippen LogP contribution in [0.4, 0.5) is 0 Å². The fourth-order valence-corrected chi connectivity index (χ4v) is 8.30. The molecule has 156 valence electrons. The van der Waals surface area contributed by atoms with Crippen molar-refractivity contribution < 1.29 is 14.6 Å². The summed E-state index contributed by atoms with van der Waals surface area (Å²) in [5.74, 6) is 0.992. The smallest absolute Gasteiger partial charge is 0.195 e. The number of hydrogen-bond donors (Lipinski definition) is 2. The summed E-state index contributed by atoms with van der Waals surface area (Å²) >= 11 is 0. The van der Waals surface area contributed by atoms with Crippen LogP contribution in [0.1, 0.15) is 72.6 Å². The van der Waals surface area contributed by atoms with Crippen LogP contribution in [-0.2, 0) is 9.47 Å². The predicted octanol–water partition coefficient (Wildman–Crippen LogP) is 4.29. The van der Waals surface area contributed by atoms with Gasteiger partial charge in [-0.15, -0.1) is 0 Å². The molecule has 1 aliphatic heterocycles. The number of allylic oxidation sites excluding steroid dienone is 4. The Morgan fingerprint density at radius 3 is 2.43 bits per heavy atom. The van der Waals surface area contributed by atoms with Crippen LogP contribution in [0.25, 0.3) is 0 Å². The summed E-state index contributed by atoms with van der Waals surface area (Å²) < 4.78 is 12.0. The van der Waals surface area contributed by atoms with E-state index in [1.165, 1.54) is 24.0 Å². The molecule has 4 heteroatoms. The average molecular weight is 388 g/mol. The molecule has 2 saturated carbocycles. The molecule has 1 heterocycles. The highest BCUT2D eigenvalue weighted by Crippen LogP contribution is 2.69. The number of ether oxygens (including phenoxy) is 2. The molecule has 3 fully saturated rings. The third kappa shape index (κ3) is 2.18. The fraction of sp³-hybridized carbons (Fsp3) is 0.833. The Hall–Kier alpha value is -0.840. The first kappa shape index (κ1) is 19.1. The van der Waals surface area contributed by atoms with Crippen molar-refractivity contribution >= 4 is 0 Å². The first-order valence-corrected chi connectivity index (χ1v) is 11.3. The highest BCUT2D eigenvalue weighted by atomic mass is 16.7. The van der Waals surface area contributed by atoms with Gasteiger partial charge in [-0.1, -0.05) is 19.4 Å². The van der Waals surface area contributed by atoms with Crippen molar-refractivity contribution in [2.45, 2.75) is 84.0 Å². The molecular formula is C24H37NO3. The van der Waals surface area contributed by atoms with Crippen LogP contribution >= 0.6 is 0 Å². The van der Waals surface area contributed by atoms with E-state index in [2.05, 4.69) is 26.8 Å². The van der Waals surface area contributed by atoms with Gasteiger partial charge >= 0.3 is 0 Å². The largest absolute Gasteiger partial charge is 0.402 e. The highest BCUT2D eigenvalue weighted by molar-refractivity contribution is 5.40. The minimum absolute atomic E-state index is 0.148. The molecule has 1 saturated heterocycles. The van der Waals surface area contributed by atoms with E-state index in [0.29, 0.717) is 31.0 Å². The molecule has 5 aliphatic rings. The predicted molar refractivity (Wildman–Crippen MR) is 109 cm³/mol. The zero-order chi connectivity index (χ0) is 19.9. The summed E-state index contributed by atoms with van der Waals surface area (Å²) in [5, 5.41) is 12.0.